The van der Waals surface area contributed by atoms with Gasteiger partial charge in [-0.2, -0.15) is 0 Å². The van der Waals surface area contributed by atoms with E-state index < -0.39 is 0 Å². The van der Waals surface area contributed by atoms with Crippen molar-refractivity contribution in [1.29, 1.82) is 0 Å². The smallest absolute Gasteiger partial charge is 0.409 e. The number of carbonyl (C=O) groups is 2. The molecule has 0 bridgehead atoms. The number of likely N-dealkylation sites (tertiary alicyclic amines) is 1. The minimum Gasteiger partial charge on any atom is -0.469 e. The lowest BCUT2D eigenvalue weighted by Gasteiger charge is -2.40. The molecular weight excluding hydrogens is 276 g/mol. The summed E-state index contributed by atoms with van der Waals surface area (Å²) in [7, 11) is 2.80. The van der Waals surface area contributed by atoms with Crippen LogP contribution >= 0.6 is 0 Å². The Hall–Kier alpha value is -1.34. The van der Waals surface area contributed by atoms with Crippen molar-refractivity contribution in [1.82, 2.24) is 9.80 Å². The Bertz CT molecular complexity index is 370. The number of amides is 1. The van der Waals surface area contributed by atoms with Crippen LogP contribution in [0.15, 0.2) is 0 Å². The van der Waals surface area contributed by atoms with E-state index in [-0.39, 0.29) is 24.0 Å². The molecule has 2 unspecified atom stereocenters. The minimum atomic E-state index is -0.323. The number of ether oxygens (including phenoxy) is 3. The Morgan fingerprint density at radius 2 is 1.86 bits per heavy atom. The second kappa shape index (κ2) is 7.61. The molecule has 1 amide bonds. The summed E-state index contributed by atoms with van der Waals surface area (Å²) in [5.41, 5.74) is 0. The van der Waals surface area contributed by atoms with E-state index in [9.17, 15) is 9.59 Å². The number of morpholine rings is 1. The summed E-state index contributed by atoms with van der Waals surface area (Å²) < 4.78 is 15.0. The molecule has 0 aromatic heterocycles. The van der Waals surface area contributed by atoms with Crippen LogP contribution in [0.3, 0.4) is 0 Å². The molecule has 2 heterocycles. The van der Waals surface area contributed by atoms with Crippen LogP contribution in [0, 0.1) is 5.92 Å². The van der Waals surface area contributed by atoms with Gasteiger partial charge >= 0.3 is 12.1 Å². The van der Waals surface area contributed by atoms with Gasteiger partial charge in [-0.15, -0.1) is 0 Å². The summed E-state index contributed by atoms with van der Waals surface area (Å²) >= 11 is 0. The highest BCUT2D eigenvalue weighted by Gasteiger charge is 2.36. The molecule has 2 aliphatic rings. The number of methoxy groups -OCH3 is 2. The molecule has 0 aromatic carbocycles. The first kappa shape index (κ1) is 16.0. The molecule has 2 aliphatic heterocycles. The summed E-state index contributed by atoms with van der Waals surface area (Å²) in [6, 6.07) is -0.0200. The van der Waals surface area contributed by atoms with Gasteiger partial charge in [0.25, 0.3) is 0 Å². The van der Waals surface area contributed by atoms with Gasteiger partial charge in [0.2, 0.25) is 0 Å². The lowest BCUT2D eigenvalue weighted by molar-refractivity contribution is -0.147. The highest BCUT2D eigenvalue weighted by atomic mass is 16.5. The Morgan fingerprint density at radius 1 is 1.14 bits per heavy atom. The van der Waals surface area contributed by atoms with Crippen LogP contribution in [-0.4, -0.2) is 81.5 Å². The van der Waals surface area contributed by atoms with Gasteiger partial charge in [0.1, 0.15) is 0 Å². The van der Waals surface area contributed by atoms with Gasteiger partial charge in [0.15, 0.2) is 0 Å². The second-order valence-corrected chi connectivity index (χ2v) is 5.47. The van der Waals surface area contributed by atoms with E-state index in [2.05, 4.69) is 4.90 Å². The van der Waals surface area contributed by atoms with Crippen molar-refractivity contribution in [2.24, 2.45) is 5.92 Å². The molecule has 0 aliphatic carbocycles. The monoisotopic (exact) mass is 300 g/mol. The van der Waals surface area contributed by atoms with Crippen molar-refractivity contribution in [2.75, 3.05) is 53.6 Å². The minimum absolute atomic E-state index is 0.0200. The van der Waals surface area contributed by atoms with E-state index in [4.69, 9.17) is 14.2 Å². The van der Waals surface area contributed by atoms with E-state index in [1.165, 1.54) is 14.2 Å². The largest absolute Gasteiger partial charge is 0.469 e. The zero-order valence-electron chi connectivity index (χ0n) is 12.7. The maximum Gasteiger partial charge on any atom is 0.409 e. The fourth-order valence-electron chi connectivity index (χ4n) is 3.04. The SMILES string of the molecule is COC(=O)C1CCN(C(=O)OC)C(CN2CCOCC2)C1. The fraction of sp³-hybridized carbons (Fsp3) is 0.857. The normalized spacial score (nSPS) is 27.2. The van der Waals surface area contributed by atoms with Crippen LogP contribution in [0.5, 0.6) is 0 Å². The lowest BCUT2D eigenvalue weighted by atomic mass is 9.90. The third-order valence-electron chi connectivity index (χ3n) is 4.23. The number of hydrogen-bond donors (Lipinski definition) is 0. The van der Waals surface area contributed by atoms with Gasteiger partial charge < -0.3 is 19.1 Å². The molecule has 2 atom stereocenters. The van der Waals surface area contributed by atoms with Crippen molar-refractivity contribution in [3.8, 4) is 0 Å². The quantitative estimate of drug-likeness (QED) is 0.700. The number of piperidine rings is 1. The van der Waals surface area contributed by atoms with Crippen molar-refractivity contribution in [3.05, 3.63) is 0 Å². The Kier molecular flexibility index (Phi) is 5.81. The van der Waals surface area contributed by atoms with E-state index in [0.29, 0.717) is 32.6 Å². The number of rotatable bonds is 3. The van der Waals surface area contributed by atoms with Crippen molar-refractivity contribution in [3.63, 3.8) is 0 Å². The molecule has 0 spiro atoms. The maximum absolute atomic E-state index is 11.9. The zero-order valence-corrected chi connectivity index (χ0v) is 12.7. The first-order chi connectivity index (χ1) is 10.2. The molecule has 0 aromatic rings. The molecule has 7 nitrogen and oxygen atoms in total. The van der Waals surface area contributed by atoms with Crippen LogP contribution in [0.2, 0.25) is 0 Å². The Morgan fingerprint density at radius 3 is 2.48 bits per heavy atom. The van der Waals surface area contributed by atoms with Crippen LogP contribution in [0.1, 0.15) is 12.8 Å². The molecule has 2 rings (SSSR count). The Labute approximate surface area is 125 Å². The first-order valence-electron chi connectivity index (χ1n) is 7.38. The number of hydrogen-bond acceptors (Lipinski definition) is 6. The van der Waals surface area contributed by atoms with Gasteiger partial charge in [0.05, 0.1) is 33.4 Å². The average molecular weight is 300 g/mol. The van der Waals surface area contributed by atoms with Crippen molar-refractivity contribution in [2.45, 2.75) is 18.9 Å². The third-order valence-corrected chi connectivity index (χ3v) is 4.23. The average Bonchev–Trinajstić information content (AvgIpc) is 2.54. The van der Waals surface area contributed by atoms with Crippen molar-refractivity contribution < 1.29 is 23.8 Å². The molecule has 7 heteroatoms. The van der Waals surface area contributed by atoms with Gasteiger partial charge in [-0.3, -0.25) is 9.69 Å². The van der Waals surface area contributed by atoms with Crippen LogP contribution < -0.4 is 0 Å². The maximum atomic E-state index is 11.9. The predicted molar refractivity (Wildman–Crippen MR) is 74.9 cm³/mol. The molecule has 0 N–H and O–H groups in total. The number of nitrogens with zero attached hydrogens (tertiary/aromatic N) is 2. The first-order valence-corrected chi connectivity index (χ1v) is 7.38. The molecular formula is C14H24N2O5. The molecule has 0 radical (unpaired) electrons. The summed E-state index contributed by atoms with van der Waals surface area (Å²) in [5.74, 6) is -0.326. The number of carbonyl (C=O) groups excluding carboxylic acids is 2. The summed E-state index contributed by atoms with van der Waals surface area (Å²) in [6.45, 7) is 4.41. The number of esters is 1. The molecule has 0 saturated carbocycles. The van der Waals surface area contributed by atoms with Gasteiger partial charge in [-0.05, 0) is 12.8 Å². The van der Waals surface area contributed by atoms with E-state index in [1.807, 2.05) is 0 Å². The lowest BCUT2D eigenvalue weighted by Crippen LogP contribution is -2.53. The van der Waals surface area contributed by atoms with E-state index in [0.717, 1.165) is 19.6 Å². The van der Waals surface area contributed by atoms with E-state index >= 15 is 0 Å². The standard InChI is InChI=1S/C14H24N2O5/c1-19-13(17)11-3-4-16(14(18)20-2)12(9-11)10-15-5-7-21-8-6-15/h11-12H,3-10H2,1-2H3. The highest BCUT2D eigenvalue weighted by Crippen LogP contribution is 2.25. The van der Waals surface area contributed by atoms with Gasteiger partial charge in [-0.25, -0.2) is 4.79 Å². The molecule has 2 fully saturated rings. The summed E-state index contributed by atoms with van der Waals surface area (Å²) in [4.78, 5) is 27.7. The highest BCUT2D eigenvalue weighted by molar-refractivity contribution is 5.73. The second-order valence-electron chi connectivity index (χ2n) is 5.47. The van der Waals surface area contributed by atoms with Gasteiger partial charge in [-0.1, -0.05) is 0 Å². The van der Waals surface area contributed by atoms with Crippen LogP contribution in [-0.2, 0) is 19.0 Å². The van der Waals surface area contributed by atoms with Crippen LogP contribution in [0.4, 0.5) is 4.79 Å². The Balaban J connectivity index is 2.01. The summed E-state index contributed by atoms with van der Waals surface area (Å²) in [5, 5.41) is 0. The fourth-order valence-corrected chi connectivity index (χ4v) is 3.04. The molecule has 21 heavy (non-hydrogen) atoms. The predicted octanol–water partition coefficient (Wildman–Crippen LogP) is 0.339. The van der Waals surface area contributed by atoms with E-state index in [1.54, 1.807) is 4.90 Å². The molecule has 120 valence electrons. The van der Waals surface area contributed by atoms with Gasteiger partial charge in [0, 0.05) is 32.2 Å². The third kappa shape index (κ3) is 4.07. The summed E-state index contributed by atoms with van der Waals surface area (Å²) in [6.07, 6.45) is 0.928. The zero-order chi connectivity index (χ0) is 15.2. The van der Waals surface area contributed by atoms with Crippen molar-refractivity contribution >= 4 is 12.1 Å². The van der Waals surface area contributed by atoms with Crippen LogP contribution in [0.25, 0.3) is 0 Å². The topological polar surface area (TPSA) is 68.3 Å². The molecule has 2 saturated heterocycles.